The van der Waals surface area contributed by atoms with Gasteiger partial charge in [0.05, 0.1) is 0 Å². The zero-order valence-electron chi connectivity index (χ0n) is 10.7. The number of aryl methyl sites for hydroxylation is 1. The summed E-state index contributed by atoms with van der Waals surface area (Å²) in [7, 11) is 0. The van der Waals surface area contributed by atoms with Crippen LogP contribution in [0.1, 0.15) is 12.0 Å². The smallest absolute Gasteiger partial charge is 0.133 e. The Morgan fingerprint density at radius 3 is 3.17 bits per heavy atom. The Kier molecular flexibility index (Phi) is 3.15. The molecule has 94 valence electrons. The lowest BCUT2D eigenvalue weighted by Crippen LogP contribution is -2.17. The van der Waals surface area contributed by atoms with Gasteiger partial charge in [-0.2, -0.15) is 0 Å². The molecule has 3 rings (SSSR count). The molecule has 3 nitrogen and oxygen atoms in total. The standard InChI is InChI=1S/C15H19N3/c1-11-2-3-14-13(8-11)5-7-17-15(14)18-10-12-4-6-16-9-12/h2-3,5,7-8,12,16H,4,6,9-10H2,1H3,(H,17,18). The second-order valence-electron chi connectivity index (χ2n) is 5.12. The molecule has 2 heterocycles. The van der Waals surface area contributed by atoms with Crippen LogP contribution in [-0.2, 0) is 0 Å². The summed E-state index contributed by atoms with van der Waals surface area (Å²) >= 11 is 0. The monoisotopic (exact) mass is 241 g/mol. The molecule has 1 aromatic carbocycles. The molecule has 2 aromatic rings. The van der Waals surface area contributed by atoms with E-state index in [4.69, 9.17) is 0 Å². The van der Waals surface area contributed by atoms with Crippen LogP contribution >= 0.6 is 0 Å². The average molecular weight is 241 g/mol. The Morgan fingerprint density at radius 1 is 1.39 bits per heavy atom. The predicted molar refractivity (Wildman–Crippen MR) is 75.9 cm³/mol. The highest BCUT2D eigenvalue weighted by atomic mass is 15.0. The Hall–Kier alpha value is -1.61. The van der Waals surface area contributed by atoms with Gasteiger partial charge in [-0.25, -0.2) is 4.98 Å². The summed E-state index contributed by atoms with van der Waals surface area (Å²) in [5.74, 6) is 1.74. The minimum Gasteiger partial charge on any atom is -0.369 e. The summed E-state index contributed by atoms with van der Waals surface area (Å²) in [5.41, 5.74) is 1.29. The average Bonchev–Trinajstić information content (AvgIpc) is 2.89. The van der Waals surface area contributed by atoms with Gasteiger partial charge < -0.3 is 10.6 Å². The van der Waals surface area contributed by atoms with Gasteiger partial charge in [-0.05, 0) is 43.8 Å². The summed E-state index contributed by atoms with van der Waals surface area (Å²) in [5, 5.41) is 9.37. The summed E-state index contributed by atoms with van der Waals surface area (Å²) in [4.78, 5) is 4.47. The molecule has 18 heavy (non-hydrogen) atoms. The fraction of sp³-hybridized carbons (Fsp3) is 0.400. The zero-order chi connectivity index (χ0) is 12.4. The van der Waals surface area contributed by atoms with Gasteiger partial charge in [0.25, 0.3) is 0 Å². The normalized spacial score (nSPS) is 19.3. The summed E-state index contributed by atoms with van der Waals surface area (Å²) < 4.78 is 0. The van der Waals surface area contributed by atoms with Gasteiger partial charge in [0.15, 0.2) is 0 Å². The van der Waals surface area contributed by atoms with Crippen molar-refractivity contribution in [2.75, 3.05) is 25.0 Å². The number of pyridine rings is 1. The minimum atomic E-state index is 0.729. The number of anilines is 1. The van der Waals surface area contributed by atoms with Gasteiger partial charge in [-0.15, -0.1) is 0 Å². The highest BCUT2D eigenvalue weighted by Crippen LogP contribution is 2.22. The SMILES string of the molecule is Cc1ccc2c(NCC3CCNC3)nccc2c1. The molecule has 0 amide bonds. The lowest BCUT2D eigenvalue weighted by atomic mass is 10.1. The molecule has 1 saturated heterocycles. The van der Waals surface area contributed by atoms with Crippen LogP contribution in [0.4, 0.5) is 5.82 Å². The summed E-state index contributed by atoms with van der Waals surface area (Å²) in [6, 6.07) is 8.59. The maximum Gasteiger partial charge on any atom is 0.133 e. The maximum atomic E-state index is 4.47. The van der Waals surface area contributed by atoms with Crippen LogP contribution in [0.2, 0.25) is 0 Å². The lowest BCUT2D eigenvalue weighted by molar-refractivity contribution is 0.614. The number of benzene rings is 1. The van der Waals surface area contributed by atoms with E-state index in [0.717, 1.165) is 31.4 Å². The van der Waals surface area contributed by atoms with E-state index in [9.17, 15) is 0 Å². The van der Waals surface area contributed by atoms with Crippen molar-refractivity contribution in [3.8, 4) is 0 Å². The molecule has 1 atom stereocenters. The van der Waals surface area contributed by atoms with Crippen molar-refractivity contribution < 1.29 is 0 Å². The van der Waals surface area contributed by atoms with Crippen LogP contribution in [0.5, 0.6) is 0 Å². The number of aromatic nitrogens is 1. The topological polar surface area (TPSA) is 37.0 Å². The van der Waals surface area contributed by atoms with E-state index >= 15 is 0 Å². The van der Waals surface area contributed by atoms with Crippen LogP contribution in [0.15, 0.2) is 30.5 Å². The van der Waals surface area contributed by atoms with Gasteiger partial charge in [-0.3, -0.25) is 0 Å². The van der Waals surface area contributed by atoms with E-state index in [1.807, 2.05) is 6.20 Å². The molecule has 1 aliphatic heterocycles. The first kappa shape index (κ1) is 11.5. The van der Waals surface area contributed by atoms with Crippen LogP contribution in [0.25, 0.3) is 10.8 Å². The van der Waals surface area contributed by atoms with Crippen molar-refractivity contribution in [3.05, 3.63) is 36.0 Å². The maximum absolute atomic E-state index is 4.47. The third kappa shape index (κ3) is 2.31. The number of rotatable bonds is 3. The Bertz CT molecular complexity index is 544. The first-order valence-corrected chi connectivity index (χ1v) is 6.63. The minimum absolute atomic E-state index is 0.729. The molecule has 0 saturated carbocycles. The second-order valence-corrected chi connectivity index (χ2v) is 5.12. The molecular weight excluding hydrogens is 222 g/mol. The molecule has 1 aliphatic rings. The number of hydrogen-bond acceptors (Lipinski definition) is 3. The van der Waals surface area contributed by atoms with Crippen molar-refractivity contribution in [2.24, 2.45) is 5.92 Å². The highest BCUT2D eigenvalue weighted by Gasteiger charge is 2.14. The molecule has 1 fully saturated rings. The zero-order valence-corrected chi connectivity index (χ0v) is 10.7. The van der Waals surface area contributed by atoms with Gasteiger partial charge in [-0.1, -0.05) is 23.8 Å². The number of fused-ring (bicyclic) bond motifs is 1. The van der Waals surface area contributed by atoms with Crippen LogP contribution < -0.4 is 10.6 Å². The van der Waals surface area contributed by atoms with Crippen LogP contribution in [-0.4, -0.2) is 24.6 Å². The molecule has 0 spiro atoms. The Morgan fingerprint density at radius 2 is 2.33 bits per heavy atom. The molecule has 0 radical (unpaired) electrons. The van der Waals surface area contributed by atoms with E-state index in [0.29, 0.717) is 0 Å². The first-order chi connectivity index (χ1) is 8.83. The largest absolute Gasteiger partial charge is 0.369 e. The molecule has 1 unspecified atom stereocenters. The van der Waals surface area contributed by atoms with Gasteiger partial charge in [0.1, 0.15) is 5.82 Å². The highest BCUT2D eigenvalue weighted by molar-refractivity contribution is 5.92. The predicted octanol–water partition coefficient (Wildman–Crippen LogP) is 2.56. The third-order valence-corrected chi connectivity index (χ3v) is 3.64. The summed E-state index contributed by atoms with van der Waals surface area (Å²) in [6.07, 6.45) is 3.15. The van der Waals surface area contributed by atoms with Crippen molar-refractivity contribution in [2.45, 2.75) is 13.3 Å². The van der Waals surface area contributed by atoms with E-state index < -0.39 is 0 Å². The van der Waals surface area contributed by atoms with E-state index in [1.54, 1.807) is 0 Å². The molecule has 0 aliphatic carbocycles. The molecule has 0 bridgehead atoms. The van der Waals surface area contributed by atoms with Crippen molar-refractivity contribution in [1.82, 2.24) is 10.3 Å². The molecule has 2 N–H and O–H groups in total. The Labute approximate surface area is 108 Å². The molecular formula is C15H19N3. The van der Waals surface area contributed by atoms with Crippen molar-refractivity contribution >= 4 is 16.6 Å². The second kappa shape index (κ2) is 4.94. The number of nitrogens with one attached hydrogen (secondary N) is 2. The van der Waals surface area contributed by atoms with Gasteiger partial charge in [0, 0.05) is 18.1 Å². The van der Waals surface area contributed by atoms with Gasteiger partial charge in [0.2, 0.25) is 0 Å². The molecule has 3 heteroatoms. The van der Waals surface area contributed by atoms with E-state index in [1.165, 1.54) is 22.8 Å². The van der Waals surface area contributed by atoms with E-state index in [-0.39, 0.29) is 0 Å². The van der Waals surface area contributed by atoms with Crippen LogP contribution in [0, 0.1) is 12.8 Å². The van der Waals surface area contributed by atoms with E-state index in [2.05, 4.69) is 46.8 Å². The van der Waals surface area contributed by atoms with Crippen LogP contribution in [0.3, 0.4) is 0 Å². The quantitative estimate of drug-likeness (QED) is 0.867. The summed E-state index contributed by atoms with van der Waals surface area (Å²) in [6.45, 7) is 5.40. The fourth-order valence-corrected chi connectivity index (χ4v) is 2.57. The van der Waals surface area contributed by atoms with Crippen molar-refractivity contribution in [3.63, 3.8) is 0 Å². The lowest BCUT2D eigenvalue weighted by Gasteiger charge is -2.12. The fourth-order valence-electron chi connectivity index (χ4n) is 2.57. The number of nitrogens with zero attached hydrogens (tertiary/aromatic N) is 1. The Balaban J connectivity index is 1.82. The van der Waals surface area contributed by atoms with Gasteiger partial charge >= 0.3 is 0 Å². The third-order valence-electron chi connectivity index (χ3n) is 3.64. The molecule has 1 aromatic heterocycles. The first-order valence-electron chi connectivity index (χ1n) is 6.63. The van der Waals surface area contributed by atoms with Crippen molar-refractivity contribution in [1.29, 1.82) is 0 Å². The number of hydrogen-bond donors (Lipinski definition) is 2.